The van der Waals surface area contributed by atoms with Crippen molar-refractivity contribution in [2.45, 2.75) is 6.23 Å². The van der Waals surface area contributed by atoms with Gasteiger partial charge in [-0.25, -0.2) is 9.98 Å². The normalized spacial score (nSPS) is 29.2. The summed E-state index contributed by atoms with van der Waals surface area (Å²) in [6.45, 7) is 0. The molecule has 0 saturated carbocycles. The summed E-state index contributed by atoms with van der Waals surface area (Å²) in [6.07, 6.45) is 2.01. The number of nitrogens with zero attached hydrogens (tertiary/aromatic N) is 2. The molecule has 0 aromatic heterocycles. The standard InChI is InChI=1S/C3H4N2O/c6-3-1-4-2-5-3/h1-3,6H. The number of rotatable bonds is 0. The molecule has 0 spiro atoms. The molecule has 0 aromatic carbocycles. The Morgan fingerprint density at radius 2 is 2.50 bits per heavy atom. The molecule has 1 heterocycles. The van der Waals surface area contributed by atoms with Crippen molar-refractivity contribution >= 4 is 12.6 Å². The van der Waals surface area contributed by atoms with E-state index in [-0.39, 0.29) is 0 Å². The minimum Gasteiger partial charge on any atom is -0.367 e. The van der Waals surface area contributed by atoms with Crippen LogP contribution in [0.2, 0.25) is 0 Å². The molecule has 0 fully saturated rings. The van der Waals surface area contributed by atoms with Crippen LogP contribution in [-0.4, -0.2) is 23.9 Å². The molecule has 0 amide bonds. The Morgan fingerprint density at radius 1 is 1.67 bits per heavy atom. The predicted octanol–water partition coefficient (Wildman–Crippen LogP) is -0.583. The summed E-state index contributed by atoms with van der Waals surface area (Å²) < 4.78 is 0. The highest BCUT2D eigenvalue weighted by molar-refractivity contribution is 5.80. The molecule has 1 unspecified atom stereocenters. The van der Waals surface area contributed by atoms with E-state index < -0.39 is 6.23 Å². The molecule has 0 radical (unpaired) electrons. The first kappa shape index (κ1) is 3.49. The van der Waals surface area contributed by atoms with E-state index in [2.05, 4.69) is 9.98 Å². The number of hydrogen-bond acceptors (Lipinski definition) is 3. The summed E-state index contributed by atoms with van der Waals surface area (Å²) in [7, 11) is 0. The maximum Gasteiger partial charge on any atom is 0.183 e. The van der Waals surface area contributed by atoms with E-state index >= 15 is 0 Å². The minimum atomic E-state index is -0.676. The van der Waals surface area contributed by atoms with Gasteiger partial charge in [-0.3, -0.25) is 0 Å². The van der Waals surface area contributed by atoms with Gasteiger partial charge in [0, 0.05) is 0 Å². The van der Waals surface area contributed by atoms with Crippen LogP contribution in [-0.2, 0) is 0 Å². The van der Waals surface area contributed by atoms with Crippen molar-refractivity contribution < 1.29 is 5.11 Å². The smallest absolute Gasteiger partial charge is 0.183 e. The Labute approximate surface area is 35.0 Å². The van der Waals surface area contributed by atoms with Gasteiger partial charge >= 0.3 is 0 Å². The summed E-state index contributed by atoms with van der Waals surface area (Å²) >= 11 is 0. The van der Waals surface area contributed by atoms with E-state index in [0.29, 0.717) is 0 Å². The van der Waals surface area contributed by atoms with Crippen molar-refractivity contribution in [1.82, 2.24) is 0 Å². The molecular weight excluding hydrogens is 80.0 g/mol. The maximum atomic E-state index is 8.38. The summed E-state index contributed by atoms with van der Waals surface area (Å²) in [6, 6.07) is 0. The van der Waals surface area contributed by atoms with Crippen molar-refractivity contribution in [1.29, 1.82) is 0 Å². The van der Waals surface area contributed by atoms with Gasteiger partial charge in [-0.1, -0.05) is 0 Å². The van der Waals surface area contributed by atoms with Crippen LogP contribution in [0.3, 0.4) is 0 Å². The minimum absolute atomic E-state index is 0.676. The number of aliphatic hydroxyl groups is 1. The van der Waals surface area contributed by atoms with Crippen LogP contribution < -0.4 is 0 Å². The zero-order valence-electron chi connectivity index (χ0n) is 3.07. The zero-order valence-corrected chi connectivity index (χ0v) is 3.07. The Hall–Kier alpha value is -0.700. The van der Waals surface area contributed by atoms with Crippen molar-refractivity contribution in [2.24, 2.45) is 9.98 Å². The van der Waals surface area contributed by atoms with Crippen LogP contribution in [0.1, 0.15) is 0 Å². The molecular formula is C3H4N2O. The maximum absolute atomic E-state index is 8.38. The Bertz CT molecular complexity index is 85.0. The van der Waals surface area contributed by atoms with Gasteiger partial charge in [0.2, 0.25) is 0 Å². The van der Waals surface area contributed by atoms with Gasteiger partial charge in [-0.05, 0) is 0 Å². The summed E-state index contributed by atoms with van der Waals surface area (Å²) in [5.41, 5.74) is 0. The molecule has 1 N–H and O–H groups in total. The van der Waals surface area contributed by atoms with E-state index in [1.54, 1.807) is 0 Å². The summed E-state index contributed by atoms with van der Waals surface area (Å²) in [5, 5.41) is 8.38. The van der Waals surface area contributed by atoms with Crippen LogP contribution in [0.5, 0.6) is 0 Å². The first-order valence-electron chi connectivity index (χ1n) is 1.62. The van der Waals surface area contributed by atoms with Crippen LogP contribution in [0.25, 0.3) is 0 Å². The lowest BCUT2D eigenvalue weighted by Crippen LogP contribution is -1.96. The highest BCUT2D eigenvalue weighted by Gasteiger charge is 1.94. The van der Waals surface area contributed by atoms with Gasteiger partial charge in [0.25, 0.3) is 0 Å². The molecule has 0 aromatic rings. The van der Waals surface area contributed by atoms with E-state index in [4.69, 9.17) is 5.11 Å². The number of hydrogen-bond donors (Lipinski definition) is 1. The van der Waals surface area contributed by atoms with E-state index in [1.807, 2.05) is 0 Å². The van der Waals surface area contributed by atoms with Gasteiger partial charge in [0.05, 0.1) is 6.21 Å². The Balaban J connectivity index is 2.60. The second-order valence-corrected chi connectivity index (χ2v) is 0.976. The first-order chi connectivity index (χ1) is 2.89. The third-order valence-electron chi connectivity index (χ3n) is 0.505. The van der Waals surface area contributed by atoms with Crippen molar-refractivity contribution in [2.75, 3.05) is 0 Å². The lowest BCUT2D eigenvalue weighted by molar-refractivity contribution is 0.260. The van der Waals surface area contributed by atoms with Crippen molar-refractivity contribution in [3.8, 4) is 0 Å². The molecule has 0 aliphatic carbocycles. The Morgan fingerprint density at radius 3 is 2.67 bits per heavy atom. The van der Waals surface area contributed by atoms with Gasteiger partial charge in [0.1, 0.15) is 6.34 Å². The number of aliphatic hydroxyl groups excluding tert-OH is 1. The molecule has 3 nitrogen and oxygen atoms in total. The SMILES string of the molecule is OC1C=NC=N1. The van der Waals surface area contributed by atoms with Gasteiger partial charge < -0.3 is 5.11 Å². The third-order valence-corrected chi connectivity index (χ3v) is 0.505. The van der Waals surface area contributed by atoms with Gasteiger partial charge in [-0.2, -0.15) is 0 Å². The third kappa shape index (κ3) is 0.440. The summed E-state index contributed by atoms with van der Waals surface area (Å²) in [4.78, 5) is 6.94. The summed E-state index contributed by atoms with van der Waals surface area (Å²) in [5.74, 6) is 0. The zero-order chi connectivity index (χ0) is 4.41. The predicted molar refractivity (Wildman–Crippen MR) is 23.0 cm³/mol. The topological polar surface area (TPSA) is 45.0 Å². The van der Waals surface area contributed by atoms with Crippen LogP contribution >= 0.6 is 0 Å². The number of aliphatic imine (C=N–C) groups is 2. The highest BCUT2D eigenvalue weighted by atomic mass is 16.3. The molecule has 0 saturated heterocycles. The molecule has 6 heavy (non-hydrogen) atoms. The van der Waals surface area contributed by atoms with Crippen LogP contribution in [0.15, 0.2) is 9.98 Å². The highest BCUT2D eigenvalue weighted by Crippen LogP contribution is 1.83. The average molecular weight is 84.1 g/mol. The second-order valence-electron chi connectivity index (χ2n) is 0.976. The van der Waals surface area contributed by atoms with E-state index in [0.717, 1.165) is 0 Å². The van der Waals surface area contributed by atoms with Crippen LogP contribution in [0.4, 0.5) is 0 Å². The van der Waals surface area contributed by atoms with E-state index in [1.165, 1.54) is 12.6 Å². The fraction of sp³-hybridized carbons (Fsp3) is 0.333. The largest absolute Gasteiger partial charge is 0.367 e. The monoisotopic (exact) mass is 84.0 g/mol. The van der Waals surface area contributed by atoms with E-state index in [9.17, 15) is 0 Å². The van der Waals surface area contributed by atoms with Gasteiger partial charge in [0.15, 0.2) is 6.23 Å². The van der Waals surface area contributed by atoms with Gasteiger partial charge in [-0.15, -0.1) is 0 Å². The fourth-order valence-electron chi connectivity index (χ4n) is 0.261. The average Bonchev–Trinajstić information content (AvgIpc) is 1.86. The Kier molecular flexibility index (Phi) is 0.686. The molecule has 0 bridgehead atoms. The second kappa shape index (κ2) is 1.18. The quantitative estimate of drug-likeness (QED) is 0.419. The molecule has 1 atom stereocenters. The fourth-order valence-corrected chi connectivity index (χ4v) is 0.261. The molecule has 32 valence electrons. The molecule has 3 heteroatoms. The van der Waals surface area contributed by atoms with Crippen molar-refractivity contribution in [3.05, 3.63) is 0 Å². The molecule has 1 aliphatic rings. The molecule has 1 rings (SSSR count). The van der Waals surface area contributed by atoms with Crippen LogP contribution in [0, 0.1) is 0 Å². The lowest BCUT2D eigenvalue weighted by atomic mass is 10.7. The lowest BCUT2D eigenvalue weighted by Gasteiger charge is -1.81. The van der Waals surface area contributed by atoms with Crippen molar-refractivity contribution in [3.63, 3.8) is 0 Å². The first-order valence-corrected chi connectivity index (χ1v) is 1.62. The molecule has 1 aliphatic heterocycles.